The van der Waals surface area contributed by atoms with Crippen LogP contribution < -0.4 is 0 Å². The smallest absolute Gasteiger partial charge is 0.0541 e. The van der Waals surface area contributed by atoms with Gasteiger partial charge in [-0.25, -0.2) is 0 Å². The van der Waals surface area contributed by atoms with E-state index in [1.165, 1.54) is 154 Å². The van der Waals surface area contributed by atoms with Crippen LogP contribution in [0.3, 0.4) is 0 Å². The molecule has 2 heterocycles. The standard InChI is InChI=1S/C74H52N2/c1-73(2)65-19-11-9-17-57(65)59-31-29-55(43-67(59)73)75-69-33-25-51(49-23-21-45-13-5-7-15-47(45)37-49)39-61(69)63-41-53(27-35-71(63)75)54-28-36-72-64(42-54)62-40-52(50-24-22-46-14-6-8-16-48(46)38-50)26-34-70(62)76(72)56-30-32-60-58-18-10-12-20-66(58)74(3,4)68(60)44-56/h5-44H,1-4H3. The normalized spacial score (nSPS) is 14.0. The fourth-order valence-electron chi connectivity index (χ4n) is 13.7. The lowest BCUT2D eigenvalue weighted by molar-refractivity contribution is 0.660. The lowest BCUT2D eigenvalue weighted by Crippen LogP contribution is -2.15. The Morgan fingerprint density at radius 3 is 0.921 bits per heavy atom. The second kappa shape index (κ2) is 15.6. The van der Waals surface area contributed by atoms with Crippen LogP contribution in [-0.2, 0) is 10.8 Å². The van der Waals surface area contributed by atoms with Crippen LogP contribution in [0.25, 0.3) is 132 Å². The minimum atomic E-state index is -0.113. The summed E-state index contributed by atoms with van der Waals surface area (Å²) in [5.74, 6) is 0. The molecule has 0 amide bonds. The average molecular weight is 969 g/mol. The monoisotopic (exact) mass is 968 g/mol. The fourth-order valence-corrected chi connectivity index (χ4v) is 13.7. The molecule has 358 valence electrons. The Kier molecular flexibility index (Phi) is 8.89. The van der Waals surface area contributed by atoms with E-state index in [-0.39, 0.29) is 10.8 Å². The van der Waals surface area contributed by atoms with Crippen LogP contribution in [0, 0.1) is 0 Å². The maximum absolute atomic E-state index is 2.50. The summed E-state index contributed by atoms with van der Waals surface area (Å²) in [5, 5.41) is 9.96. The quantitative estimate of drug-likeness (QED) is 0.163. The third-order valence-corrected chi connectivity index (χ3v) is 17.7. The van der Waals surface area contributed by atoms with Crippen molar-refractivity contribution in [3.8, 4) is 67.0 Å². The van der Waals surface area contributed by atoms with Crippen LogP contribution >= 0.6 is 0 Å². The highest BCUT2D eigenvalue weighted by Gasteiger charge is 2.37. The molecule has 76 heavy (non-hydrogen) atoms. The highest BCUT2D eigenvalue weighted by atomic mass is 15.0. The molecule has 2 aliphatic rings. The third-order valence-electron chi connectivity index (χ3n) is 17.7. The molecule has 0 fully saturated rings. The zero-order chi connectivity index (χ0) is 50.6. The maximum atomic E-state index is 2.50. The molecule has 16 rings (SSSR count). The summed E-state index contributed by atoms with van der Waals surface area (Å²) in [7, 11) is 0. The van der Waals surface area contributed by atoms with Crippen molar-refractivity contribution < 1.29 is 0 Å². The number of hydrogen-bond donors (Lipinski definition) is 0. The predicted molar refractivity (Wildman–Crippen MR) is 322 cm³/mol. The zero-order valence-electron chi connectivity index (χ0n) is 43.0. The highest BCUT2D eigenvalue weighted by molar-refractivity contribution is 6.14. The summed E-state index contributed by atoms with van der Waals surface area (Å²) >= 11 is 0. The van der Waals surface area contributed by atoms with E-state index < -0.39 is 0 Å². The lowest BCUT2D eigenvalue weighted by atomic mass is 9.82. The van der Waals surface area contributed by atoms with Crippen molar-refractivity contribution in [2.75, 3.05) is 0 Å². The van der Waals surface area contributed by atoms with Crippen molar-refractivity contribution >= 4 is 65.2 Å². The van der Waals surface area contributed by atoms with Gasteiger partial charge in [0.05, 0.1) is 22.1 Å². The van der Waals surface area contributed by atoms with Crippen LogP contribution in [0.4, 0.5) is 0 Å². The Labute approximate surface area is 442 Å². The molecule has 0 atom stereocenters. The Balaban J connectivity index is 0.898. The molecule has 0 radical (unpaired) electrons. The average Bonchev–Trinajstić information content (AvgIpc) is 4.24. The second-order valence-corrected chi connectivity index (χ2v) is 22.5. The summed E-state index contributed by atoms with van der Waals surface area (Å²) in [6, 6.07) is 91.7. The molecule has 0 saturated heterocycles. The fraction of sp³-hybridized carbons (Fsp3) is 0.0811. The van der Waals surface area contributed by atoms with E-state index >= 15 is 0 Å². The molecule has 12 aromatic carbocycles. The molecule has 2 nitrogen and oxygen atoms in total. The van der Waals surface area contributed by atoms with Gasteiger partial charge < -0.3 is 9.13 Å². The predicted octanol–water partition coefficient (Wildman–Crippen LogP) is 19.8. The van der Waals surface area contributed by atoms with Crippen molar-refractivity contribution in [2.24, 2.45) is 0 Å². The topological polar surface area (TPSA) is 9.86 Å². The van der Waals surface area contributed by atoms with E-state index in [0.29, 0.717) is 0 Å². The minimum absolute atomic E-state index is 0.113. The number of nitrogens with zero attached hydrogens (tertiary/aromatic N) is 2. The van der Waals surface area contributed by atoms with Crippen LogP contribution in [-0.4, -0.2) is 9.13 Å². The summed E-state index contributed by atoms with van der Waals surface area (Å²) in [6.07, 6.45) is 0. The molecular formula is C74H52N2. The molecule has 0 bridgehead atoms. The van der Waals surface area contributed by atoms with E-state index in [4.69, 9.17) is 0 Å². The van der Waals surface area contributed by atoms with Crippen LogP contribution in [0.1, 0.15) is 49.9 Å². The molecule has 0 N–H and O–H groups in total. The number of aromatic nitrogens is 2. The molecule has 0 spiro atoms. The summed E-state index contributed by atoms with van der Waals surface area (Å²) in [5.41, 5.74) is 25.0. The third kappa shape index (κ3) is 6.16. The van der Waals surface area contributed by atoms with Crippen molar-refractivity contribution in [3.63, 3.8) is 0 Å². The highest BCUT2D eigenvalue weighted by Crippen LogP contribution is 2.52. The van der Waals surface area contributed by atoms with Gasteiger partial charge >= 0.3 is 0 Å². The van der Waals surface area contributed by atoms with Crippen LogP contribution in [0.2, 0.25) is 0 Å². The lowest BCUT2D eigenvalue weighted by Gasteiger charge is -2.22. The van der Waals surface area contributed by atoms with Crippen molar-refractivity contribution in [1.82, 2.24) is 9.13 Å². The molecule has 14 aromatic rings. The van der Waals surface area contributed by atoms with Gasteiger partial charge in [-0.15, -0.1) is 0 Å². The Morgan fingerprint density at radius 1 is 0.237 bits per heavy atom. The Bertz CT molecular complexity index is 4510. The van der Waals surface area contributed by atoms with Crippen molar-refractivity contribution in [3.05, 3.63) is 265 Å². The minimum Gasteiger partial charge on any atom is -0.309 e. The van der Waals surface area contributed by atoms with E-state index in [0.717, 1.165) is 0 Å². The van der Waals surface area contributed by atoms with E-state index in [1.54, 1.807) is 0 Å². The van der Waals surface area contributed by atoms with Gasteiger partial charge in [0.2, 0.25) is 0 Å². The van der Waals surface area contributed by atoms with Gasteiger partial charge in [0, 0.05) is 43.7 Å². The Morgan fingerprint density at radius 2 is 0.539 bits per heavy atom. The molecular weight excluding hydrogens is 917 g/mol. The Hall–Kier alpha value is -9.24. The summed E-state index contributed by atoms with van der Waals surface area (Å²) in [4.78, 5) is 0. The van der Waals surface area contributed by atoms with Gasteiger partial charge in [-0.3, -0.25) is 0 Å². The number of rotatable bonds is 5. The second-order valence-electron chi connectivity index (χ2n) is 22.5. The first-order chi connectivity index (χ1) is 37.2. The van der Waals surface area contributed by atoms with Crippen molar-refractivity contribution in [1.29, 1.82) is 0 Å². The van der Waals surface area contributed by atoms with Gasteiger partial charge in [-0.05, 0) is 184 Å². The number of hydrogen-bond acceptors (Lipinski definition) is 0. The largest absolute Gasteiger partial charge is 0.309 e. The molecule has 0 unspecified atom stereocenters. The maximum Gasteiger partial charge on any atom is 0.0541 e. The molecule has 2 heteroatoms. The van der Waals surface area contributed by atoms with Crippen LogP contribution in [0.15, 0.2) is 243 Å². The van der Waals surface area contributed by atoms with Crippen molar-refractivity contribution in [2.45, 2.75) is 38.5 Å². The summed E-state index contributed by atoms with van der Waals surface area (Å²) < 4.78 is 5.00. The first kappa shape index (κ1) is 43.2. The molecule has 0 saturated carbocycles. The zero-order valence-corrected chi connectivity index (χ0v) is 43.0. The first-order valence-electron chi connectivity index (χ1n) is 26.8. The van der Waals surface area contributed by atoms with Gasteiger partial charge in [0.25, 0.3) is 0 Å². The van der Waals surface area contributed by atoms with Gasteiger partial charge in [-0.1, -0.05) is 185 Å². The molecule has 0 aliphatic heterocycles. The van der Waals surface area contributed by atoms with E-state index in [1.807, 2.05) is 0 Å². The molecule has 2 aliphatic carbocycles. The first-order valence-corrected chi connectivity index (χ1v) is 26.8. The van der Waals surface area contributed by atoms with E-state index in [9.17, 15) is 0 Å². The molecule has 2 aromatic heterocycles. The number of benzene rings is 12. The SMILES string of the molecule is CC1(C)c2ccccc2-c2ccc(-n3c4ccc(-c5ccc6ccccc6c5)cc4c4cc(-c5ccc6c(c5)c5cc(-c7ccc8ccccc8c7)ccc5n6-c5ccc6c(c5)C(C)(C)c5ccccc5-6)ccc43)cc21. The van der Waals surface area contributed by atoms with E-state index in [2.05, 4.69) is 279 Å². The number of fused-ring (bicyclic) bond motifs is 14. The van der Waals surface area contributed by atoms with Gasteiger partial charge in [0.15, 0.2) is 0 Å². The van der Waals surface area contributed by atoms with Crippen LogP contribution in [0.5, 0.6) is 0 Å². The summed E-state index contributed by atoms with van der Waals surface area (Å²) in [6.45, 7) is 9.50. The van der Waals surface area contributed by atoms with Gasteiger partial charge in [-0.2, -0.15) is 0 Å². The van der Waals surface area contributed by atoms with Gasteiger partial charge in [0.1, 0.15) is 0 Å².